The van der Waals surface area contributed by atoms with Crippen molar-refractivity contribution in [2.75, 3.05) is 0 Å². The molecule has 0 amide bonds. The van der Waals surface area contributed by atoms with Gasteiger partial charge in [-0.15, -0.1) is 0 Å². The summed E-state index contributed by atoms with van der Waals surface area (Å²) in [5.74, 6) is 0. The molecule has 0 spiro atoms. The third kappa shape index (κ3) is 1.82. The van der Waals surface area contributed by atoms with Crippen molar-refractivity contribution in [1.82, 2.24) is 4.89 Å². The fourth-order valence-corrected chi connectivity index (χ4v) is 4.30. The van der Waals surface area contributed by atoms with Crippen LogP contribution in [0.1, 0.15) is 0 Å². The summed E-state index contributed by atoms with van der Waals surface area (Å²) < 4.78 is 0. The van der Waals surface area contributed by atoms with Crippen LogP contribution in [0, 0.1) is 0 Å². The van der Waals surface area contributed by atoms with Crippen LogP contribution in [0.2, 0.25) is 0 Å². The monoisotopic (exact) mass is 327 g/mol. The Balaban J connectivity index is 2.03. The van der Waals surface area contributed by atoms with Crippen LogP contribution < -0.4 is 0 Å². The molecule has 6 rings (SSSR count). The zero-order valence-corrected chi connectivity index (χ0v) is 14.1. The number of hydrogen-bond acceptors (Lipinski definition) is 1. The van der Waals surface area contributed by atoms with E-state index in [-0.39, 0.29) is 0 Å². The summed E-state index contributed by atoms with van der Waals surface area (Å²) in [5, 5.41) is 12.8. The Morgan fingerprint density at radius 1 is 0.500 bits per heavy atom. The molecular formula is C24H14BN. The maximum absolute atomic E-state index is 4.41. The SMILES string of the molecule is b1nccc2ccc3ccc4ccc5ccc6ccccc6c5c4c3c12. The second kappa shape index (κ2) is 5.12. The minimum absolute atomic E-state index is 1.22. The molecule has 5 aromatic carbocycles. The van der Waals surface area contributed by atoms with Gasteiger partial charge in [0.15, 0.2) is 0 Å². The first-order valence-electron chi connectivity index (χ1n) is 8.90. The molecule has 0 aliphatic carbocycles. The molecule has 0 bridgehead atoms. The first kappa shape index (κ1) is 14.0. The van der Waals surface area contributed by atoms with Crippen molar-refractivity contribution in [2.24, 2.45) is 0 Å². The summed E-state index contributed by atoms with van der Waals surface area (Å²) in [7, 11) is 2.00. The summed E-state index contributed by atoms with van der Waals surface area (Å²) >= 11 is 0. The molecule has 0 atom stereocenters. The van der Waals surface area contributed by atoms with E-state index in [1.807, 2.05) is 13.2 Å². The Morgan fingerprint density at radius 3 is 1.92 bits per heavy atom. The van der Waals surface area contributed by atoms with E-state index < -0.39 is 0 Å². The zero-order chi connectivity index (χ0) is 17.1. The van der Waals surface area contributed by atoms with Gasteiger partial charge in [0.1, 0.15) is 0 Å². The molecule has 2 heteroatoms. The van der Waals surface area contributed by atoms with Gasteiger partial charge in [-0.3, -0.25) is 0 Å². The summed E-state index contributed by atoms with van der Waals surface area (Å²) in [6, 6.07) is 28.6. The van der Waals surface area contributed by atoms with Crippen LogP contribution in [0.4, 0.5) is 0 Å². The normalized spacial score (nSPS) is 11.7. The van der Waals surface area contributed by atoms with E-state index >= 15 is 0 Å². The Morgan fingerprint density at radius 2 is 1.12 bits per heavy atom. The van der Waals surface area contributed by atoms with Crippen LogP contribution in [0.25, 0.3) is 53.8 Å². The number of fused-ring (bicyclic) bond motifs is 9. The topological polar surface area (TPSA) is 12.9 Å². The molecular weight excluding hydrogens is 313 g/mol. The van der Waals surface area contributed by atoms with E-state index in [9.17, 15) is 0 Å². The van der Waals surface area contributed by atoms with E-state index in [0.29, 0.717) is 0 Å². The standard InChI is InChI=1S/C24H14BN/c1-2-4-20-15(3-1)5-6-16-7-8-17-9-10-18-11-12-19-13-14-26-25-24(19)23(18)22(17)21(16)20/h1-14H. The van der Waals surface area contributed by atoms with Crippen LogP contribution in [-0.2, 0) is 0 Å². The molecule has 0 radical (unpaired) electrons. The molecule has 0 saturated carbocycles. The summed E-state index contributed by atoms with van der Waals surface area (Å²) in [4.78, 5) is 4.41. The predicted molar refractivity (Wildman–Crippen MR) is 113 cm³/mol. The summed E-state index contributed by atoms with van der Waals surface area (Å²) in [6.07, 6.45) is 1.87. The zero-order valence-electron chi connectivity index (χ0n) is 14.1. The van der Waals surface area contributed by atoms with Crippen molar-refractivity contribution < 1.29 is 0 Å². The fraction of sp³-hybridized carbons (Fsp3) is 0. The third-order valence-corrected chi connectivity index (χ3v) is 5.49. The first-order valence-corrected chi connectivity index (χ1v) is 8.90. The van der Waals surface area contributed by atoms with Crippen molar-refractivity contribution in [3.05, 3.63) is 85.1 Å². The Kier molecular flexibility index (Phi) is 2.75. The van der Waals surface area contributed by atoms with Gasteiger partial charge < -0.3 is 0 Å². The first-order chi connectivity index (χ1) is 12.9. The Hall–Kier alpha value is -3.26. The molecule has 1 heterocycles. The number of rotatable bonds is 0. The van der Waals surface area contributed by atoms with E-state index in [1.54, 1.807) is 0 Å². The molecule has 118 valence electrons. The van der Waals surface area contributed by atoms with Crippen molar-refractivity contribution in [1.29, 1.82) is 0 Å². The van der Waals surface area contributed by atoms with Gasteiger partial charge in [0.05, 0.1) is 0 Å². The molecule has 0 saturated heterocycles. The minimum atomic E-state index is 1.22. The van der Waals surface area contributed by atoms with Gasteiger partial charge in [-0.2, -0.15) is 0 Å². The van der Waals surface area contributed by atoms with Gasteiger partial charge >= 0.3 is 151 Å². The van der Waals surface area contributed by atoms with Crippen molar-refractivity contribution in [3.8, 4) is 0 Å². The molecule has 0 fully saturated rings. The van der Waals surface area contributed by atoms with Gasteiger partial charge in [-0.05, 0) is 0 Å². The van der Waals surface area contributed by atoms with E-state index in [2.05, 4.69) is 83.8 Å². The molecule has 0 N–H and O–H groups in total. The Labute approximate surface area is 151 Å². The molecule has 26 heavy (non-hydrogen) atoms. The van der Waals surface area contributed by atoms with Gasteiger partial charge in [0.25, 0.3) is 0 Å². The molecule has 1 aromatic heterocycles. The fourth-order valence-electron chi connectivity index (χ4n) is 4.30. The van der Waals surface area contributed by atoms with Crippen LogP contribution in [0.5, 0.6) is 0 Å². The van der Waals surface area contributed by atoms with Crippen molar-refractivity contribution >= 4 is 60.8 Å². The molecule has 0 unspecified atom stereocenters. The second-order valence-electron chi connectivity index (χ2n) is 6.87. The predicted octanol–water partition coefficient (Wildman–Crippen LogP) is 6.19. The van der Waals surface area contributed by atoms with E-state index in [0.717, 1.165) is 0 Å². The summed E-state index contributed by atoms with van der Waals surface area (Å²) in [6.45, 7) is 0. The number of aromatic nitrogens is 1. The molecule has 1 nitrogen and oxygen atoms in total. The van der Waals surface area contributed by atoms with Gasteiger partial charge in [0, 0.05) is 0 Å². The van der Waals surface area contributed by atoms with E-state index in [4.69, 9.17) is 0 Å². The van der Waals surface area contributed by atoms with Crippen LogP contribution in [-0.4, -0.2) is 11.9 Å². The second-order valence-corrected chi connectivity index (χ2v) is 6.87. The summed E-state index contributed by atoms with van der Waals surface area (Å²) in [5.41, 5.74) is 0. The average molecular weight is 327 g/mol. The molecule has 6 aromatic rings. The Bertz CT molecular complexity index is 1360. The van der Waals surface area contributed by atoms with E-state index in [1.165, 1.54) is 53.8 Å². The van der Waals surface area contributed by atoms with Gasteiger partial charge in [-0.25, -0.2) is 0 Å². The third-order valence-electron chi connectivity index (χ3n) is 5.49. The average Bonchev–Trinajstić information content (AvgIpc) is 2.72. The van der Waals surface area contributed by atoms with Crippen LogP contribution >= 0.6 is 0 Å². The van der Waals surface area contributed by atoms with Crippen LogP contribution in [0.3, 0.4) is 0 Å². The van der Waals surface area contributed by atoms with Crippen molar-refractivity contribution in [2.45, 2.75) is 0 Å². The van der Waals surface area contributed by atoms with Crippen LogP contribution in [0.15, 0.2) is 85.1 Å². The van der Waals surface area contributed by atoms with Gasteiger partial charge in [-0.1, -0.05) is 0 Å². The molecule has 0 aliphatic rings. The maximum atomic E-state index is 4.41. The quantitative estimate of drug-likeness (QED) is 0.303. The van der Waals surface area contributed by atoms with Crippen molar-refractivity contribution in [3.63, 3.8) is 0 Å². The van der Waals surface area contributed by atoms with Gasteiger partial charge in [0.2, 0.25) is 0 Å². The number of nitrogens with zero attached hydrogens (tertiary/aromatic N) is 1. The number of hydrogen-bond donors (Lipinski definition) is 0. The molecule has 0 aliphatic heterocycles. The number of benzene rings is 5.